The molecule has 0 radical (unpaired) electrons. The number of ether oxygens (including phenoxy) is 2. The summed E-state index contributed by atoms with van der Waals surface area (Å²) in [5, 5.41) is 2.73. The third-order valence-electron chi connectivity index (χ3n) is 3.71. The second kappa shape index (κ2) is 8.28. The summed E-state index contributed by atoms with van der Waals surface area (Å²) in [5.41, 5.74) is 1.36. The number of hydrogen-bond donors (Lipinski definition) is 1. The molecule has 132 valence electrons. The molecular formula is C19H20FNO4. The van der Waals surface area contributed by atoms with Crippen LogP contribution in [-0.4, -0.2) is 25.6 Å². The Balaban J connectivity index is 1.89. The molecule has 0 heterocycles. The Morgan fingerprint density at radius 3 is 2.64 bits per heavy atom. The number of carbonyl (C=O) groups excluding carboxylic acids is 2. The second-order valence-electron chi connectivity index (χ2n) is 5.61. The van der Waals surface area contributed by atoms with Crippen LogP contribution in [0.4, 0.5) is 4.39 Å². The van der Waals surface area contributed by atoms with E-state index in [2.05, 4.69) is 5.32 Å². The van der Waals surface area contributed by atoms with Crippen molar-refractivity contribution in [1.82, 2.24) is 5.32 Å². The van der Waals surface area contributed by atoms with E-state index >= 15 is 0 Å². The van der Waals surface area contributed by atoms with Crippen LogP contribution in [-0.2, 0) is 9.53 Å². The van der Waals surface area contributed by atoms with Gasteiger partial charge in [-0.15, -0.1) is 0 Å². The van der Waals surface area contributed by atoms with Crippen molar-refractivity contribution in [1.29, 1.82) is 0 Å². The largest absolute Gasteiger partial charge is 0.497 e. The maximum absolute atomic E-state index is 13.5. The van der Waals surface area contributed by atoms with Gasteiger partial charge in [-0.2, -0.15) is 0 Å². The van der Waals surface area contributed by atoms with Crippen LogP contribution in [0.1, 0.15) is 34.5 Å². The van der Waals surface area contributed by atoms with E-state index in [1.165, 1.54) is 12.1 Å². The molecule has 0 aromatic heterocycles. The Bertz CT molecular complexity index is 776. The van der Waals surface area contributed by atoms with E-state index in [-0.39, 0.29) is 11.6 Å². The van der Waals surface area contributed by atoms with Gasteiger partial charge < -0.3 is 14.8 Å². The van der Waals surface area contributed by atoms with E-state index in [1.807, 2.05) is 25.1 Å². The number of nitrogens with one attached hydrogen (secondary N) is 1. The summed E-state index contributed by atoms with van der Waals surface area (Å²) >= 11 is 0. The number of aryl methyl sites for hydroxylation is 1. The molecule has 1 atom stereocenters. The summed E-state index contributed by atoms with van der Waals surface area (Å²) in [6, 6.07) is 11.0. The first kappa shape index (κ1) is 18.4. The van der Waals surface area contributed by atoms with Gasteiger partial charge in [0.25, 0.3) is 5.91 Å². The lowest BCUT2D eigenvalue weighted by Gasteiger charge is -2.15. The smallest absolute Gasteiger partial charge is 0.338 e. The molecule has 1 amide bonds. The predicted octanol–water partition coefficient (Wildman–Crippen LogP) is 3.18. The SMILES string of the molecule is COc1cccc([C@@H](C)NC(=O)COC(=O)c2ccc(C)c(F)c2)c1. The molecule has 6 heteroatoms. The number of benzene rings is 2. The number of halogens is 1. The quantitative estimate of drug-likeness (QED) is 0.817. The van der Waals surface area contributed by atoms with Crippen molar-refractivity contribution < 1.29 is 23.5 Å². The van der Waals surface area contributed by atoms with Crippen molar-refractivity contribution in [3.05, 3.63) is 65.0 Å². The molecule has 2 aromatic carbocycles. The Labute approximate surface area is 145 Å². The van der Waals surface area contributed by atoms with Gasteiger partial charge in [-0.05, 0) is 49.2 Å². The maximum atomic E-state index is 13.5. The van der Waals surface area contributed by atoms with Gasteiger partial charge in [-0.1, -0.05) is 18.2 Å². The summed E-state index contributed by atoms with van der Waals surface area (Å²) in [6.45, 7) is 2.96. The molecule has 0 aliphatic carbocycles. The summed E-state index contributed by atoms with van der Waals surface area (Å²) in [4.78, 5) is 23.8. The minimum Gasteiger partial charge on any atom is -0.497 e. The van der Waals surface area contributed by atoms with Gasteiger partial charge in [0.05, 0.1) is 18.7 Å². The third-order valence-corrected chi connectivity index (χ3v) is 3.71. The first-order valence-electron chi connectivity index (χ1n) is 7.77. The van der Waals surface area contributed by atoms with Crippen LogP contribution < -0.4 is 10.1 Å². The zero-order valence-electron chi connectivity index (χ0n) is 14.3. The lowest BCUT2D eigenvalue weighted by atomic mass is 10.1. The molecule has 0 aliphatic rings. The van der Waals surface area contributed by atoms with Gasteiger partial charge in [0.2, 0.25) is 0 Å². The number of rotatable bonds is 6. The van der Waals surface area contributed by atoms with Gasteiger partial charge in [0.15, 0.2) is 6.61 Å². The summed E-state index contributed by atoms with van der Waals surface area (Å²) in [5.74, 6) is -1.00. The van der Waals surface area contributed by atoms with Gasteiger partial charge >= 0.3 is 5.97 Å². The van der Waals surface area contributed by atoms with Gasteiger partial charge in [-0.3, -0.25) is 4.79 Å². The van der Waals surface area contributed by atoms with Crippen molar-refractivity contribution in [3.63, 3.8) is 0 Å². The van der Waals surface area contributed by atoms with Crippen LogP contribution >= 0.6 is 0 Å². The highest BCUT2D eigenvalue weighted by molar-refractivity contribution is 5.91. The molecule has 0 fully saturated rings. The zero-order chi connectivity index (χ0) is 18.4. The Morgan fingerprint density at radius 2 is 1.96 bits per heavy atom. The molecule has 25 heavy (non-hydrogen) atoms. The van der Waals surface area contributed by atoms with E-state index in [9.17, 15) is 14.0 Å². The minimum absolute atomic E-state index is 0.0664. The second-order valence-corrected chi connectivity index (χ2v) is 5.61. The first-order valence-corrected chi connectivity index (χ1v) is 7.77. The molecule has 0 unspecified atom stereocenters. The third kappa shape index (κ3) is 5.04. The van der Waals surface area contributed by atoms with E-state index in [1.54, 1.807) is 20.1 Å². The highest BCUT2D eigenvalue weighted by Gasteiger charge is 2.14. The van der Waals surface area contributed by atoms with Crippen molar-refractivity contribution >= 4 is 11.9 Å². The molecule has 5 nitrogen and oxygen atoms in total. The van der Waals surface area contributed by atoms with Gasteiger partial charge in [-0.25, -0.2) is 9.18 Å². The fourth-order valence-corrected chi connectivity index (χ4v) is 2.21. The Hall–Kier alpha value is -2.89. The van der Waals surface area contributed by atoms with Crippen LogP contribution in [0.15, 0.2) is 42.5 Å². The Kier molecular flexibility index (Phi) is 6.11. The summed E-state index contributed by atoms with van der Waals surface area (Å²) < 4.78 is 23.5. The normalized spacial score (nSPS) is 11.5. The van der Waals surface area contributed by atoms with Gasteiger partial charge in [0.1, 0.15) is 11.6 Å². The fraction of sp³-hybridized carbons (Fsp3) is 0.263. The van der Waals surface area contributed by atoms with Crippen LogP contribution in [0, 0.1) is 12.7 Å². The molecule has 0 spiro atoms. The van der Waals surface area contributed by atoms with Crippen molar-refractivity contribution in [2.75, 3.05) is 13.7 Å². The van der Waals surface area contributed by atoms with E-state index < -0.39 is 24.3 Å². The van der Waals surface area contributed by atoms with Crippen LogP contribution in [0.2, 0.25) is 0 Å². The standard InChI is InChI=1S/C19H20FNO4/c1-12-7-8-15(10-17(12)20)19(23)25-11-18(22)21-13(2)14-5-4-6-16(9-14)24-3/h4-10,13H,11H2,1-3H3,(H,21,22)/t13-/m1/s1. The molecule has 0 bridgehead atoms. The van der Waals surface area contributed by atoms with E-state index in [0.29, 0.717) is 11.3 Å². The number of amides is 1. The number of methoxy groups -OCH3 is 1. The highest BCUT2D eigenvalue weighted by Crippen LogP contribution is 2.18. The molecule has 2 aromatic rings. The zero-order valence-corrected chi connectivity index (χ0v) is 14.3. The Morgan fingerprint density at radius 1 is 1.20 bits per heavy atom. The van der Waals surface area contributed by atoms with E-state index in [4.69, 9.17) is 9.47 Å². The van der Waals surface area contributed by atoms with Gasteiger partial charge in [0, 0.05) is 0 Å². The molecule has 0 aliphatic heterocycles. The lowest BCUT2D eigenvalue weighted by Crippen LogP contribution is -2.31. The topological polar surface area (TPSA) is 64.6 Å². The number of carbonyl (C=O) groups is 2. The van der Waals surface area contributed by atoms with Crippen molar-refractivity contribution in [2.45, 2.75) is 19.9 Å². The van der Waals surface area contributed by atoms with Crippen LogP contribution in [0.5, 0.6) is 5.75 Å². The molecule has 2 rings (SSSR count). The number of hydrogen-bond acceptors (Lipinski definition) is 4. The minimum atomic E-state index is -0.747. The maximum Gasteiger partial charge on any atom is 0.338 e. The summed E-state index contributed by atoms with van der Waals surface area (Å²) in [6.07, 6.45) is 0. The molecule has 1 N–H and O–H groups in total. The fourth-order valence-electron chi connectivity index (χ4n) is 2.21. The average molecular weight is 345 g/mol. The monoisotopic (exact) mass is 345 g/mol. The average Bonchev–Trinajstić information content (AvgIpc) is 2.62. The van der Waals surface area contributed by atoms with Crippen LogP contribution in [0.25, 0.3) is 0 Å². The van der Waals surface area contributed by atoms with E-state index in [0.717, 1.165) is 11.6 Å². The summed E-state index contributed by atoms with van der Waals surface area (Å²) in [7, 11) is 1.57. The molecular weight excluding hydrogens is 325 g/mol. The van der Waals surface area contributed by atoms with Crippen molar-refractivity contribution in [3.8, 4) is 5.75 Å². The first-order chi connectivity index (χ1) is 11.9. The molecule has 0 saturated carbocycles. The predicted molar refractivity (Wildman–Crippen MR) is 91.0 cm³/mol. The van der Waals surface area contributed by atoms with Crippen LogP contribution in [0.3, 0.4) is 0 Å². The molecule has 0 saturated heterocycles. The lowest BCUT2D eigenvalue weighted by molar-refractivity contribution is -0.124. The number of esters is 1. The highest BCUT2D eigenvalue weighted by atomic mass is 19.1. The van der Waals surface area contributed by atoms with Crippen molar-refractivity contribution in [2.24, 2.45) is 0 Å².